The zero-order chi connectivity index (χ0) is 19.3. The van der Waals surface area contributed by atoms with Crippen LogP contribution in [0.2, 0.25) is 0 Å². The Morgan fingerprint density at radius 1 is 0.926 bits per heavy atom. The molecular formula is C20H23FN2O3S. The van der Waals surface area contributed by atoms with Crippen LogP contribution in [0, 0.1) is 5.82 Å². The summed E-state index contributed by atoms with van der Waals surface area (Å²) in [4.78, 5) is 16.4. The third kappa shape index (κ3) is 5.14. The van der Waals surface area contributed by atoms with Gasteiger partial charge in [-0.1, -0.05) is 36.4 Å². The highest BCUT2D eigenvalue weighted by atomic mass is 32.2. The highest BCUT2D eigenvalue weighted by molar-refractivity contribution is 7.91. The van der Waals surface area contributed by atoms with Crippen LogP contribution in [0.25, 0.3) is 0 Å². The van der Waals surface area contributed by atoms with Crippen LogP contribution in [0.5, 0.6) is 0 Å². The Morgan fingerprint density at radius 3 is 2.22 bits per heavy atom. The lowest BCUT2D eigenvalue weighted by molar-refractivity contribution is -0.132. The minimum atomic E-state index is -3.45. The van der Waals surface area contributed by atoms with Crippen LogP contribution in [-0.4, -0.2) is 56.1 Å². The molecule has 1 fully saturated rings. The maximum atomic E-state index is 13.8. The van der Waals surface area contributed by atoms with Gasteiger partial charge in [-0.3, -0.25) is 9.69 Å². The van der Waals surface area contributed by atoms with Gasteiger partial charge in [0.1, 0.15) is 5.82 Å². The van der Waals surface area contributed by atoms with Crippen LogP contribution in [0.15, 0.2) is 59.5 Å². The van der Waals surface area contributed by atoms with E-state index in [-0.39, 0.29) is 28.8 Å². The lowest BCUT2D eigenvalue weighted by Crippen LogP contribution is -2.48. The Bertz CT molecular complexity index is 879. The van der Waals surface area contributed by atoms with Crippen molar-refractivity contribution in [1.29, 1.82) is 0 Å². The maximum Gasteiger partial charge on any atom is 0.223 e. The Morgan fingerprint density at radius 2 is 1.56 bits per heavy atom. The molecule has 0 bridgehead atoms. The fraction of sp³-hybridized carbons (Fsp3) is 0.350. The van der Waals surface area contributed by atoms with Crippen LogP contribution in [0.1, 0.15) is 12.0 Å². The van der Waals surface area contributed by atoms with E-state index in [2.05, 4.69) is 4.90 Å². The molecule has 1 heterocycles. The molecule has 5 nitrogen and oxygen atoms in total. The summed E-state index contributed by atoms with van der Waals surface area (Å²) < 4.78 is 38.3. The number of benzene rings is 2. The second-order valence-electron chi connectivity index (χ2n) is 6.63. The number of carbonyl (C=O) groups excluding carboxylic acids is 1. The first kappa shape index (κ1) is 19.5. The minimum absolute atomic E-state index is 0.0233. The normalized spacial score (nSPS) is 15.7. The first-order valence-corrected chi connectivity index (χ1v) is 10.6. The van der Waals surface area contributed by atoms with E-state index in [1.54, 1.807) is 47.4 Å². The van der Waals surface area contributed by atoms with Crippen LogP contribution in [-0.2, 0) is 21.2 Å². The maximum absolute atomic E-state index is 13.8. The van der Waals surface area contributed by atoms with Gasteiger partial charge >= 0.3 is 0 Å². The Balaban J connectivity index is 1.48. The number of hydrogen-bond acceptors (Lipinski definition) is 4. The Hall–Kier alpha value is -2.25. The van der Waals surface area contributed by atoms with Crippen LogP contribution in [0.3, 0.4) is 0 Å². The minimum Gasteiger partial charge on any atom is -0.340 e. The number of rotatable bonds is 6. The molecule has 0 aromatic heterocycles. The van der Waals surface area contributed by atoms with Crippen LogP contribution < -0.4 is 0 Å². The molecule has 144 valence electrons. The molecule has 1 saturated heterocycles. The van der Waals surface area contributed by atoms with E-state index in [4.69, 9.17) is 0 Å². The predicted molar refractivity (Wildman–Crippen MR) is 101 cm³/mol. The molecule has 2 aromatic carbocycles. The summed E-state index contributed by atoms with van der Waals surface area (Å²) in [6.45, 7) is 2.85. The SMILES string of the molecule is O=C(CCS(=O)(=O)c1ccccc1)N1CCN(Cc2ccccc2F)CC1. The van der Waals surface area contributed by atoms with Gasteiger partial charge in [0.15, 0.2) is 9.84 Å². The fourth-order valence-electron chi connectivity index (χ4n) is 3.15. The topological polar surface area (TPSA) is 57.7 Å². The average Bonchev–Trinajstić information content (AvgIpc) is 2.69. The van der Waals surface area contributed by atoms with E-state index in [1.807, 2.05) is 6.07 Å². The van der Waals surface area contributed by atoms with Gasteiger partial charge in [0.25, 0.3) is 0 Å². The molecule has 1 amide bonds. The average molecular weight is 390 g/mol. The molecule has 1 aliphatic rings. The number of carbonyl (C=O) groups is 1. The van der Waals surface area contributed by atoms with E-state index in [1.165, 1.54) is 6.07 Å². The van der Waals surface area contributed by atoms with Crippen molar-refractivity contribution >= 4 is 15.7 Å². The highest BCUT2D eigenvalue weighted by Crippen LogP contribution is 2.14. The van der Waals surface area contributed by atoms with Crippen molar-refractivity contribution in [2.24, 2.45) is 0 Å². The predicted octanol–water partition coefficient (Wildman–Crippen LogP) is 2.33. The quantitative estimate of drug-likeness (QED) is 0.760. The second kappa shape index (κ2) is 8.63. The smallest absolute Gasteiger partial charge is 0.223 e. The summed E-state index contributed by atoms with van der Waals surface area (Å²) in [5, 5.41) is 0. The summed E-state index contributed by atoms with van der Waals surface area (Å²) in [6, 6.07) is 14.9. The Kier molecular flexibility index (Phi) is 6.23. The van der Waals surface area contributed by atoms with Crippen LogP contribution >= 0.6 is 0 Å². The number of piperazine rings is 1. The lowest BCUT2D eigenvalue weighted by atomic mass is 10.2. The van der Waals surface area contributed by atoms with Crippen LogP contribution in [0.4, 0.5) is 4.39 Å². The van der Waals surface area contributed by atoms with E-state index < -0.39 is 9.84 Å². The van der Waals surface area contributed by atoms with Crippen molar-refractivity contribution in [2.45, 2.75) is 17.9 Å². The summed E-state index contributed by atoms with van der Waals surface area (Å²) >= 11 is 0. The number of sulfone groups is 1. The third-order valence-electron chi connectivity index (χ3n) is 4.76. The van der Waals surface area contributed by atoms with E-state index in [0.29, 0.717) is 38.3 Å². The van der Waals surface area contributed by atoms with Crippen molar-refractivity contribution in [3.8, 4) is 0 Å². The molecule has 0 unspecified atom stereocenters. The molecule has 2 aromatic rings. The highest BCUT2D eigenvalue weighted by Gasteiger charge is 2.23. The van der Waals surface area contributed by atoms with E-state index >= 15 is 0 Å². The van der Waals surface area contributed by atoms with E-state index in [0.717, 1.165) is 0 Å². The zero-order valence-corrected chi connectivity index (χ0v) is 15.9. The molecule has 7 heteroatoms. The molecule has 0 spiro atoms. The van der Waals surface area contributed by atoms with Gasteiger partial charge in [0, 0.05) is 44.7 Å². The largest absolute Gasteiger partial charge is 0.340 e. The first-order valence-electron chi connectivity index (χ1n) is 8.97. The standard InChI is InChI=1S/C20H23FN2O3S/c21-19-9-5-4-6-17(19)16-22-11-13-23(14-12-22)20(24)10-15-27(25,26)18-7-2-1-3-8-18/h1-9H,10-16H2. The summed E-state index contributed by atoms with van der Waals surface area (Å²) in [5.41, 5.74) is 0.645. The summed E-state index contributed by atoms with van der Waals surface area (Å²) in [6.07, 6.45) is -0.0233. The van der Waals surface area contributed by atoms with E-state index in [9.17, 15) is 17.6 Å². The molecule has 0 atom stereocenters. The second-order valence-corrected chi connectivity index (χ2v) is 8.74. The third-order valence-corrected chi connectivity index (χ3v) is 6.50. The van der Waals surface area contributed by atoms with Gasteiger partial charge in [-0.05, 0) is 18.2 Å². The number of halogens is 1. The van der Waals surface area contributed by atoms with Gasteiger partial charge in [-0.2, -0.15) is 0 Å². The van der Waals surface area contributed by atoms with Gasteiger partial charge in [0.05, 0.1) is 10.6 Å². The van der Waals surface area contributed by atoms with Gasteiger partial charge in [0.2, 0.25) is 5.91 Å². The van der Waals surface area contributed by atoms with Gasteiger partial charge in [-0.15, -0.1) is 0 Å². The molecule has 27 heavy (non-hydrogen) atoms. The van der Waals surface area contributed by atoms with Crippen molar-refractivity contribution in [1.82, 2.24) is 9.80 Å². The molecular weight excluding hydrogens is 367 g/mol. The summed E-state index contributed by atoms with van der Waals surface area (Å²) in [7, 11) is -3.45. The summed E-state index contributed by atoms with van der Waals surface area (Å²) in [5.74, 6) is -0.562. The molecule has 3 rings (SSSR count). The number of amides is 1. The van der Waals surface area contributed by atoms with Crippen molar-refractivity contribution in [2.75, 3.05) is 31.9 Å². The van der Waals surface area contributed by atoms with Crippen molar-refractivity contribution < 1.29 is 17.6 Å². The van der Waals surface area contributed by atoms with Gasteiger partial charge < -0.3 is 4.90 Å². The molecule has 0 N–H and O–H groups in total. The molecule has 1 aliphatic heterocycles. The molecule has 0 radical (unpaired) electrons. The zero-order valence-electron chi connectivity index (χ0n) is 15.1. The van der Waals surface area contributed by atoms with Crippen molar-refractivity contribution in [3.05, 3.63) is 66.0 Å². The number of hydrogen-bond donors (Lipinski definition) is 0. The fourth-order valence-corrected chi connectivity index (χ4v) is 4.40. The lowest BCUT2D eigenvalue weighted by Gasteiger charge is -2.34. The molecule has 0 saturated carbocycles. The first-order chi connectivity index (χ1) is 13.0. The monoisotopic (exact) mass is 390 g/mol. The Labute approximate surface area is 159 Å². The number of nitrogens with zero attached hydrogens (tertiary/aromatic N) is 2. The van der Waals surface area contributed by atoms with Gasteiger partial charge in [-0.25, -0.2) is 12.8 Å². The van der Waals surface area contributed by atoms with Crippen molar-refractivity contribution in [3.63, 3.8) is 0 Å². The molecule has 0 aliphatic carbocycles.